The summed E-state index contributed by atoms with van der Waals surface area (Å²) in [7, 11) is 0. The first kappa shape index (κ1) is 13.9. The largest absolute Gasteiger partial charge is 0.293 e. The summed E-state index contributed by atoms with van der Waals surface area (Å²) in [4.78, 5) is 12.3. The van der Waals surface area contributed by atoms with Crippen molar-refractivity contribution in [3.05, 3.63) is 35.4 Å². The minimum absolute atomic E-state index is 0.117. The monoisotopic (exact) mass is 288 g/mol. The standard InChI is InChI=1S/C13H14F2OS2/c1-2-11-13(18-6-5-17-11)12(16)9-7-8(14)3-4-10(9)15/h3-4,7,11,13H,2,5-6H2,1H3. The summed E-state index contributed by atoms with van der Waals surface area (Å²) in [5.74, 6) is 0.414. The second kappa shape index (κ2) is 6.06. The van der Waals surface area contributed by atoms with Crippen LogP contribution in [0.25, 0.3) is 0 Å². The molecule has 0 saturated carbocycles. The van der Waals surface area contributed by atoms with Crippen molar-refractivity contribution in [1.82, 2.24) is 0 Å². The van der Waals surface area contributed by atoms with Gasteiger partial charge in [0.2, 0.25) is 0 Å². The third-order valence-electron chi connectivity index (χ3n) is 2.90. The topological polar surface area (TPSA) is 17.1 Å². The predicted octanol–water partition coefficient (Wildman–Crippen LogP) is 3.77. The van der Waals surface area contributed by atoms with E-state index in [1.807, 2.05) is 6.92 Å². The Labute approximate surface area is 114 Å². The highest BCUT2D eigenvalue weighted by molar-refractivity contribution is 8.07. The summed E-state index contributed by atoms with van der Waals surface area (Å²) in [5, 5.41) is -0.0658. The number of carbonyl (C=O) groups excluding carboxylic acids is 1. The summed E-state index contributed by atoms with van der Waals surface area (Å²) < 4.78 is 26.7. The molecule has 2 atom stereocenters. The molecule has 0 amide bonds. The molecule has 0 aliphatic carbocycles. The fourth-order valence-electron chi connectivity index (χ4n) is 1.99. The average molecular weight is 288 g/mol. The predicted molar refractivity (Wildman–Crippen MR) is 73.5 cm³/mol. The highest BCUT2D eigenvalue weighted by atomic mass is 32.2. The zero-order valence-corrected chi connectivity index (χ0v) is 11.6. The molecule has 18 heavy (non-hydrogen) atoms. The lowest BCUT2D eigenvalue weighted by atomic mass is 10.0. The Hall–Kier alpha value is -0.550. The van der Waals surface area contributed by atoms with Crippen LogP contribution in [-0.2, 0) is 0 Å². The fraction of sp³-hybridized carbons (Fsp3) is 0.462. The normalized spacial score (nSPS) is 23.9. The Morgan fingerprint density at radius 2 is 2.06 bits per heavy atom. The van der Waals surface area contributed by atoms with Gasteiger partial charge >= 0.3 is 0 Å². The van der Waals surface area contributed by atoms with Crippen LogP contribution in [0.3, 0.4) is 0 Å². The van der Waals surface area contributed by atoms with Crippen LogP contribution in [0.15, 0.2) is 18.2 Å². The zero-order valence-electron chi connectivity index (χ0n) is 9.99. The average Bonchev–Trinajstić information content (AvgIpc) is 2.40. The number of halogens is 2. The molecule has 1 saturated heterocycles. The summed E-state index contributed by atoms with van der Waals surface area (Å²) in [6.07, 6.45) is 0.866. The van der Waals surface area contributed by atoms with Crippen LogP contribution in [0.2, 0.25) is 0 Å². The van der Waals surface area contributed by atoms with Gasteiger partial charge in [0.1, 0.15) is 11.6 Å². The van der Waals surface area contributed by atoms with Crippen LogP contribution in [-0.4, -0.2) is 27.8 Å². The minimum Gasteiger partial charge on any atom is -0.293 e. The van der Waals surface area contributed by atoms with Crippen molar-refractivity contribution in [2.75, 3.05) is 11.5 Å². The first-order chi connectivity index (χ1) is 8.63. The third kappa shape index (κ3) is 2.88. The van der Waals surface area contributed by atoms with Gasteiger partial charge in [-0.1, -0.05) is 6.92 Å². The lowest BCUT2D eigenvalue weighted by Crippen LogP contribution is -2.33. The summed E-state index contributed by atoms with van der Waals surface area (Å²) >= 11 is 3.30. The van der Waals surface area contributed by atoms with Crippen molar-refractivity contribution in [3.8, 4) is 0 Å². The van der Waals surface area contributed by atoms with Crippen molar-refractivity contribution in [2.24, 2.45) is 0 Å². The number of Topliss-reactive ketones (excluding diaryl/α,β-unsaturated/α-hetero) is 1. The molecule has 2 rings (SSSR count). The van der Waals surface area contributed by atoms with Crippen molar-refractivity contribution >= 4 is 29.3 Å². The zero-order chi connectivity index (χ0) is 13.1. The highest BCUT2D eigenvalue weighted by Crippen LogP contribution is 2.35. The van der Waals surface area contributed by atoms with Gasteiger partial charge in [0.25, 0.3) is 0 Å². The van der Waals surface area contributed by atoms with Crippen molar-refractivity contribution in [3.63, 3.8) is 0 Å². The van der Waals surface area contributed by atoms with Crippen molar-refractivity contribution < 1.29 is 13.6 Å². The van der Waals surface area contributed by atoms with Crippen LogP contribution in [0.1, 0.15) is 23.7 Å². The van der Waals surface area contributed by atoms with E-state index in [0.29, 0.717) is 0 Å². The van der Waals surface area contributed by atoms with E-state index in [0.717, 1.165) is 36.1 Å². The number of ketones is 1. The van der Waals surface area contributed by atoms with Gasteiger partial charge < -0.3 is 0 Å². The SMILES string of the molecule is CCC1SCCSC1C(=O)c1cc(F)ccc1F. The molecule has 2 unspecified atom stereocenters. The quantitative estimate of drug-likeness (QED) is 0.788. The van der Waals surface area contributed by atoms with Crippen molar-refractivity contribution in [2.45, 2.75) is 23.8 Å². The molecule has 0 bridgehead atoms. The number of carbonyl (C=O) groups is 1. The molecule has 1 heterocycles. The van der Waals surface area contributed by atoms with Crippen LogP contribution >= 0.6 is 23.5 Å². The minimum atomic E-state index is -0.632. The lowest BCUT2D eigenvalue weighted by molar-refractivity contribution is 0.0983. The number of thioether (sulfide) groups is 2. The molecule has 0 spiro atoms. The van der Waals surface area contributed by atoms with E-state index in [2.05, 4.69) is 0 Å². The maximum absolute atomic E-state index is 13.6. The summed E-state index contributed by atoms with van der Waals surface area (Å²) in [5.41, 5.74) is -0.117. The van der Waals surface area contributed by atoms with Gasteiger partial charge in [-0.2, -0.15) is 11.8 Å². The molecular weight excluding hydrogens is 274 g/mol. The third-order valence-corrected chi connectivity index (χ3v) is 6.15. The van der Waals surface area contributed by atoms with E-state index in [1.54, 1.807) is 23.5 Å². The number of rotatable bonds is 3. The smallest absolute Gasteiger partial charge is 0.179 e. The number of hydrogen-bond donors (Lipinski definition) is 0. The Balaban J connectivity index is 2.26. The molecule has 0 radical (unpaired) electrons. The van der Waals surface area contributed by atoms with E-state index in [9.17, 15) is 13.6 Å². The molecule has 5 heteroatoms. The molecule has 98 valence electrons. The highest BCUT2D eigenvalue weighted by Gasteiger charge is 2.32. The van der Waals surface area contributed by atoms with Crippen LogP contribution in [0.4, 0.5) is 8.78 Å². The molecule has 1 aliphatic rings. The fourth-order valence-corrected chi connectivity index (χ4v) is 5.00. The first-order valence-electron chi connectivity index (χ1n) is 5.86. The molecule has 1 aromatic carbocycles. The van der Waals surface area contributed by atoms with Gasteiger partial charge in [0, 0.05) is 16.8 Å². The van der Waals surface area contributed by atoms with Crippen LogP contribution < -0.4 is 0 Å². The second-order valence-electron chi connectivity index (χ2n) is 4.10. The van der Waals surface area contributed by atoms with E-state index < -0.39 is 11.6 Å². The molecule has 1 fully saturated rings. The van der Waals surface area contributed by atoms with Gasteiger partial charge in [0.15, 0.2) is 5.78 Å². The molecule has 1 nitrogen and oxygen atoms in total. The Bertz CT molecular complexity index is 451. The van der Waals surface area contributed by atoms with E-state index in [1.165, 1.54) is 0 Å². The Kier molecular flexibility index (Phi) is 4.67. The first-order valence-corrected chi connectivity index (χ1v) is 7.95. The molecule has 1 aliphatic heterocycles. The van der Waals surface area contributed by atoms with Gasteiger partial charge in [-0.25, -0.2) is 8.78 Å². The van der Waals surface area contributed by atoms with Gasteiger partial charge in [-0.15, -0.1) is 11.8 Å². The van der Waals surface area contributed by atoms with E-state index in [4.69, 9.17) is 0 Å². The van der Waals surface area contributed by atoms with E-state index >= 15 is 0 Å². The van der Waals surface area contributed by atoms with E-state index in [-0.39, 0.29) is 21.8 Å². The van der Waals surface area contributed by atoms with Crippen LogP contribution in [0.5, 0.6) is 0 Å². The van der Waals surface area contributed by atoms with Gasteiger partial charge in [0.05, 0.1) is 10.8 Å². The molecule has 0 aromatic heterocycles. The molecule has 0 N–H and O–H groups in total. The van der Waals surface area contributed by atoms with Gasteiger partial charge in [-0.05, 0) is 24.6 Å². The van der Waals surface area contributed by atoms with Crippen LogP contribution in [0, 0.1) is 11.6 Å². The Morgan fingerprint density at radius 3 is 2.78 bits per heavy atom. The maximum atomic E-state index is 13.6. The number of benzene rings is 1. The summed E-state index contributed by atoms with van der Waals surface area (Å²) in [6.45, 7) is 2.02. The number of hydrogen-bond acceptors (Lipinski definition) is 3. The Morgan fingerprint density at radius 1 is 1.33 bits per heavy atom. The molecule has 1 aromatic rings. The molecular formula is C13H14F2OS2. The van der Waals surface area contributed by atoms with Crippen molar-refractivity contribution in [1.29, 1.82) is 0 Å². The maximum Gasteiger partial charge on any atom is 0.179 e. The van der Waals surface area contributed by atoms with Gasteiger partial charge in [-0.3, -0.25) is 4.79 Å². The summed E-state index contributed by atoms with van der Waals surface area (Å²) in [6, 6.07) is 3.06. The lowest BCUT2D eigenvalue weighted by Gasteiger charge is -2.28. The second-order valence-corrected chi connectivity index (χ2v) is 6.69.